The predicted octanol–water partition coefficient (Wildman–Crippen LogP) is 2.61. The highest BCUT2D eigenvalue weighted by molar-refractivity contribution is 5.79. The summed E-state index contributed by atoms with van der Waals surface area (Å²) in [5.41, 5.74) is 1.75. The van der Waals surface area contributed by atoms with Crippen LogP contribution in [0.1, 0.15) is 38.5 Å². The Bertz CT molecular complexity index is 614. The van der Waals surface area contributed by atoms with Crippen LogP contribution in [0.4, 0.5) is 0 Å². The molecule has 1 heterocycles. The summed E-state index contributed by atoms with van der Waals surface area (Å²) in [5, 5.41) is 8.20. The molecule has 1 amide bonds. The fourth-order valence-electron chi connectivity index (χ4n) is 3.12. The fraction of sp³-hybridized carbons (Fsp3) is 0.562. The maximum atomic E-state index is 12.5. The SMILES string of the molecule is CN(C(=O)Cn1nnc2ccccc21)C1CCCCCC1. The van der Waals surface area contributed by atoms with Crippen LogP contribution in [0.3, 0.4) is 0 Å². The standard InChI is InChI=1S/C16H22N4O/c1-19(13-8-4-2-3-5-9-13)16(21)12-20-15-11-7-6-10-14(15)17-18-20/h6-7,10-11,13H,2-5,8-9,12H2,1H3. The molecule has 0 aliphatic heterocycles. The quantitative estimate of drug-likeness (QED) is 0.815. The Kier molecular flexibility index (Phi) is 4.18. The van der Waals surface area contributed by atoms with Gasteiger partial charge in [0.1, 0.15) is 12.1 Å². The molecule has 0 saturated heterocycles. The summed E-state index contributed by atoms with van der Waals surface area (Å²) in [6, 6.07) is 8.13. The molecule has 21 heavy (non-hydrogen) atoms. The molecule has 3 rings (SSSR count). The van der Waals surface area contributed by atoms with Crippen molar-refractivity contribution in [3.05, 3.63) is 24.3 Å². The van der Waals surface area contributed by atoms with Gasteiger partial charge in [-0.3, -0.25) is 4.79 Å². The van der Waals surface area contributed by atoms with Crippen LogP contribution in [0.2, 0.25) is 0 Å². The smallest absolute Gasteiger partial charge is 0.244 e. The van der Waals surface area contributed by atoms with E-state index in [2.05, 4.69) is 10.3 Å². The molecule has 0 spiro atoms. The van der Waals surface area contributed by atoms with Gasteiger partial charge in [-0.25, -0.2) is 4.68 Å². The van der Waals surface area contributed by atoms with Crippen molar-refractivity contribution in [1.29, 1.82) is 0 Å². The Balaban J connectivity index is 1.70. The van der Waals surface area contributed by atoms with Gasteiger partial charge < -0.3 is 4.90 Å². The lowest BCUT2D eigenvalue weighted by Crippen LogP contribution is -2.38. The highest BCUT2D eigenvalue weighted by Gasteiger charge is 2.22. The molecule has 1 fully saturated rings. The monoisotopic (exact) mass is 286 g/mol. The summed E-state index contributed by atoms with van der Waals surface area (Å²) in [6.45, 7) is 0.271. The number of benzene rings is 1. The largest absolute Gasteiger partial charge is 0.341 e. The van der Waals surface area contributed by atoms with Gasteiger partial charge in [-0.05, 0) is 25.0 Å². The Labute approximate surface area is 124 Å². The number of hydrogen-bond acceptors (Lipinski definition) is 3. The van der Waals surface area contributed by atoms with E-state index >= 15 is 0 Å². The van der Waals surface area contributed by atoms with E-state index in [0.29, 0.717) is 6.04 Å². The van der Waals surface area contributed by atoms with Crippen molar-refractivity contribution in [3.8, 4) is 0 Å². The van der Waals surface area contributed by atoms with Gasteiger partial charge in [0.25, 0.3) is 0 Å². The second-order valence-corrected chi connectivity index (χ2v) is 5.89. The molecule has 0 atom stereocenters. The van der Waals surface area contributed by atoms with Gasteiger partial charge in [-0.15, -0.1) is 5.10 Å². The number of rotatable bonds is 3. The van der Waals surface area contributed by atoms with E-state index in [1.165, 1.54) is 25.7 Å². The zero-order valence-electron chi connectivity index (χ0n) is 12.5. The number of carbonyl (C=O) groups is 1. The first-order chi connectivity index (χ1) is 10.3. The maximum Gasteiger partial charge on any atom is 0.244 e. The Morgan fingerprint density at radius 1 is 1.24 bits per heavy atom. The number of likely N-dealkylation sites (N-methyl/N-ethyl adjacent to an activating group) is 1. The molecule has 0 radical (unpaired) electrons. The summed E-state index contributed by atoms with van der Waals surface area (Å²) in [4.78, 5) is 14.4. The molecular formula is C16H22N4O. The summed E-state index contributed by atoms with van der Waals surface area (Å²) >= 11 is 0. The second-order valence-electron chi connectivity index (χ2n) is 5.89. The zero-order valence-corrected chi connectivity index (χ0v) is 12.5. The van der Waals surface area contributed by atoms with E-state index in [0.717, 1.165) is 23.9 Å². The normalized spacial score (nSPS) is 16.8. The topological polar surface area (TPSA) is 51.0 Å². The third-order valence-electron chi connectivity index (χ3n) is 4.47. The molecule has 1 aliphatic carbocycles. The maximum absolute atomic E-state index is 12.5. The van der Waals surface area contributed by atoms with E-state index in [9.17, 15) is 4.79 Å². The molecule has 1 aromatic heterocycles. The van der Waals surface area contributed by atoms with Crippen LogP contribution in [-0.4, -0.2) is 38.9 Å². The molecule has 112 valence electrons. The average Bonchev–Trinajstić information content (AvgIpc) is 2.74. The highest BCUT2D eigenvalue weighted by Crippen LogP contribution is 2.21. The van der Waals surface area contributed by atoms with Crippen LogP contribution >= 0.6 is 0 Å². The van der Waals surface area contributed by atoms with Crippen LogP contribution in [0.15, 0.2) is 24.3 Å². The lowest BCUT2D eigenvalue weighted by molar-refractivity contribution is -0.133. The molecule has 5 nitrogen and oxygen atoms in total. The zero-order chi connectivity index (χ0) is 14.7. The predicted molar refractivity (Wildman–Crippen MR) is 81.8 cm³/mol. The molecule has 0 unspecified atom stereocenters. The third-order valence-corrected chi connectivity index (χ3v) is 4.47. The van der Waals surface area contributed by atoms with Crippen LogP contribution in [0, 0.1) is 0 Å². The molecule has 1 aromatic carbocycles. The van der Waals surface area contributed by atoms with Crippen LogP contribution < -0.4 is 0 Å². The van der Waals surface area contributed by atoms with Gasteiger partial charge in [0.2, 0.25) is 5.91 Å². The van der Waals surface area contributed by atoms with Gasteiger partial charge >= 0.3 is 0 Å². The number of nitrogens with zero attached hydrogens (tertiary/aromatic N) is 4. The van der Waals surface area contributed by atoms with Crippen molar-refractivity contribution < 1.29 is 4.79 Å². The van der Waals surface area contributed by atoms with Crippen molar-refractivity contribution in [2.45, 2.75) is 51.1 Å². The minimum absolute atomic E-state index is 0.123. The van der Waals surface area contributed by atoms with Gasteiger partial charge in [0.15, 0.2) is 0 Å². The minimum Gasteiger partial charge on any atom is -0.341 e. The molecular weight excluding hydrogens is 264 g/mol. The lowest BCUT2D eigenvalue weighted by atomic mass is 10.1. The van der Waals surface area contributed by atoms with E-state index in [1.54, 1.807) is 4.68 Å². The Morgan fingerprint density at radius 3 is 2.71 bits per heavy atom. The number of fused-ring (bicyclic) bond motifs is 1. The lowest BCUT2D eigenvalue weighted by Gasteiger charge is -2.27. The molecule has 1 saturated carbocycles. The van der Waals surface area contributed by atoms with Crippen molar-refractivity contribution in [2.75, 3.05) is 7.05 Å². The van der Waals surface area contributed by atoms with Crippen LogP contribution in [0.25, 0.3) is 11.0 Å². The highest BCUT2D eigenvalue weighted by atomic mass is 16.2. The molecule has 1 aliphatic rings. The average molecular weight is 286 g/mol. The van der Waals surface area contributed by atoms with E-state index < -0.39 is 0 Å². The first-order valence-electron chi connectivity index (χ1n) is 7.79. The number of hydrogen-bond donors (Lipinski definition) is 0. The number of para-hydroxylation sites is 1. The Hall–Kier alpha value is -1.91. The van der Waals surface area contributed by atoms with Crippen molar-refractivity contribution in [2.24, 2.45) is 0 Å². The van der Waals surface area contributed by atoms with Gasteiger partial charge in [-0.1, -0.05) is 43.0 Å². The van der Waals surface area contributed by atoms with Crippen molar-refractivity contribution in [1.82, 2.24) is 19.9 Å². The second kappa shape index (κ2) is 6.24. The number of aromatic nitrogens is 3. The van der Waals surface area contributed by atoms with Crippen molar-refractivity contribution in [3.63, 3.8) is 0 Å². The molecule has 0 N–H and O–H groups in total. The summed E-state index contributed by atoms with van der Waals surface area (Å²) < 4.78 is 1.70. The Morgan fingerprint density at radius 2 is 1.95 bits per heavy atom. The van der Waals surface area contributed by atoms with Gasteiger partial charge in [0, 0.05) is 13.1 Å². The van der Waals surface area contributed by atoms with E-state index in [4.69, 9.17) is 0 Å². The van der Waals surface area contributed by atoms with Crippen LogP contribution in [-0.2, 0) is 11.3 Å². The first kappa shape index (κ1) is 14.0. The molecule has 2 aromatic rings. The first-order valence-corrected chi connectivity index (χ1v) is 7.79. The number of amides is 1. The van der Waals surface area contributed by atoms with E-state index in [-0.39, 0.29) is 12.5 Å². The van der Waals surface area contributed by atoms with E-state index in [1.807, 2.05) is 36.2 Å². The number of carbonyl (C=O) groups excluding carboxylic acids is 1. The molecule has 0 bridgehead atoms. The minimum atomic E-state index is 0.123. The summed E-state index contributed by atoms with van der Waals surface area (Å²) in [6.07, 6.45) is 7.31. The molecule has 5 heteroatoms. The van der Waals surface area contributed by atoms with Gasteiger partial charge in [0.05, 0.1) is 5.52 Å². The van der Waals surface area contributed by atoms with Crippen LogP contribution in [0.5, 0.6) is 0 Å². The summed E-state index contributed by atoms with van der Waals surface area (Å²) in [5.74, 6) is 0.123. The van der Waals surface area contributed by atoms with Gasteiger partial charge in [-0.2, -0.15) is 0 Å². The summed E-state index contributed by atoms with van der Waals surface area (Å²) in [7, 11) is 1.93. The fourth-order valence-corrected chi connectivity index (χ4v) is 3.12. The van der Waals surface area contributed by atoms with Crippen molar-refractivity contribution >= 4 is 16.9 Å². The third kappa shape index (κ3) is 3.06.